The minimum absolute atomic E-state index is 0.664. The quantitative estimate of drug-likeness (QED) is 0.166. The van der Waals surface area contributed by atoms with Crippen molar-refractivity contribution < 1.29 is 4.42 Å². The molecule has 0 amide bonds. The molecule has 3 heterocycles. The molecule has 0 unspecified atom stereocenters. The molecular formula is C51H33N3O. The first-order valence-corrected chi connectivity index (χ1v) is 18.4. The minimum atomic E-state index is 0.664. The van der Waals surface area contributed by atoms with Gasteiger partial charge >= 0.3 is 0 Å². The third kappa shape index (κ3) is 6.36. The van der Waals surface area contributed by atoms with Gasteiger partial charge in [-0.2, -0.15) is 0 Å². The Balaban J connectivity index is 1.16. The van der Waals surface area contributed by atoms with E-state index in [0.717, 1.165) is 94.5 Å². The van der Waals surface area contributed by atoms with Gasteiger partial charge < -0.3 is 4.42 Å². The van der Waals surface area contributed by atoms with Gasteiger partial charge in [-0.1, -0.05) is 127 Å². The number of rotatable bonds is 7. The second-order valence-electron chi connectivity index (χ2n) is 13.7. The number of furan rings is 1. The summed E-state index contributed by atoms with van der Waals surface area (Å²) in [5, 5.41) is 2.21. The number of pyridine rings is 1. The van der Waals surface area contributed by atoms with E-state index in [-0.39, 0.29) is 0 Å². The molecule has 3 aromatic heterocycles. The highest BCUT2D eigenvalue weighted by Crippen LogP contribution is 2.38. The average Bonchev–Trinajstić information content (AvgIpc) is 3.65. The first-order valence-electron chi connectivity index (χ1n) is 18.4. The van der Waals surface area contributed by atoms with Crippen LogP contribution in [0.4, 0.5) is 0 Å². The van der Waals surface area contributed by atoms with Crippen molar-refractivity contribution in [2.75, 3.05) is 0 Å². The van der Waals surface area contributed by atoms with Crippen molar-refractivity contribution >= 4 is 21.9 Å². The third-order valence-corrected chi connectivity index (χ3v) is 10.2. The molecule has 0 saturated heterocycles. The molecule has 0 saturated carbocycles. The van der Waals surface area contributed by atoms with Crippen molar-refractivity contribution in [2.24, 2.45) is 0 Å². The molecule has 10 aromatic rings. The molecule has 0 bridgehead atoms. The highest BCUT2D eigenvalue weighted by atomic mass is 16.3. The Hall–Kier alpha value is -7.43. The van der Waals surface area contributed by atoms with Crippen molar-refractivity contribution in [3.05, 3.63) is 200 Å². The average molecular weight is 704 g/mol. The number of fused-ring (bicyclic) bond motifs is 3. The van der Waals surface area contributed by atoms with Crippen LogP contribution in [0.2, 0.25) is 0 Å². The lowest BCUT2D eigenvalue weighted by molar-refractivity contribution is 0.669. The van der Waals surface area contributed by atoms with E-state index in [1.165, 1.54) is 0 Å². The standard InChI is InChI=1S/C51H33N3O/c1-3-10-34(11-4-1)39-14-9-15-41(28-39)47-33-48(54-51(53-47)38-20-18-36(19-21-38)37-24-26-52-27-25-37)44-30-42(35-12-5-2-6-13-35)29-43(31-44)40-22-23-50-46(32-40)45-16-7-8-17-49(45)55-50/h1-33H. The number of nitrogens with zero attached hydrogens (tertiary/aromatic N) is 3. The number of benzene rings is 7. The van der Waals surface area contributed by atoms with Gasteiger partial charge in [-0.3, -0.25) is 4.98 Å². The van der Waals surface area contributed by atoms with Crippen LogP contribution in [-0.2, 0) is 0 Å². The summed E-state index contributed by atoms with van der Waals surface area (Å²) in [6, 6.07) is 65.7. The van der Waals surface area contributed by atoms with Crippen LogP contribution in [0.5, 0.6) is 0 Å². The molecule has 258 valence electrons. The summed E-state index contributed by atoms with van der Waals surface area (Å²) in [7, 11) is 0. The van der Waals surface area contributed by atoms with Crippen LogP contribution in [-0.4, -0.2) is 15.0 Å². The zero-order chi connectivity index (χ0) is 36.6. The number of para-hydroxylation sites is 1. The molecule has 0 atom stereocenters. The number of hydrogen-bond donors (Lipinski definition) is 0. The van der Waals surface area contributed by atoms with Gasteiger partial charge in [0.25, 0.3) is 0 Å². The third-order valence-electron chi connectivity index (χ3n) is 10.2. The summed E-state index contributed by atoms with van der Waals surface area (Å²) >= 11 is 0. The van der Waals surface area contributed by atoms with Crippen molar-refractivity contribution in [1.29, 1.82) is 0 Å². The second kappa shape index (κ2) is 13.8. The van der Waals surface area contributed by atoms with Crippen LogP contribution < -0.4 is 0 Å². The predicted molar refractivity (Wildman–Crippen MR) is 225 cm³/mol. The van der Waals surface area contributed by atoms with Gasteiger partial charge in [-0.15, -0.1) is 0 Å². The molecule has 0 N–H and O–H groups in total. The first-order chi connectivity index (χ1) is 27.2. The monoisotopic (exact) mass is 703 g/mol. The lowest BCUT2D eigenvalue weighted by atomic mass is 9.93. The van der Waals surface area contributed by atoms with Gasteiger partial charge in [-0.25, -0.2) is 9.97 Å². The highest BCUT2D eigenvalue weighted by molar-refractivity contribution is 6.06. The Bertz CT molecular complexity index is 2950. The van der Waals surface area contributed by atoms with E-state index in [0.29, 0.717) is 5.82 Å². The van der Waals surface area contributed by atoms with Crippen LogP contribution in [0.25, 0.3) is 100 Å². The fourth-order valence-corrected chi connectivity index (χ4v) is 7.36. The van der Waals surface area contributed by atoms with Crippen molar-refractivity contribution in [3.8, 4) is 78.4 Å². The normalized spacial score (nSPS) is 11.3. The summed E-state index contributed by atoms with van der Waals surface area (Å²) < 4.78 is 6.19. The Morgan fingerprint density at radius 2 is 0.782 bits per heavy atom. The zero-order valence-electron chi connectivity index (χ0n) is 29.8. The molecule has 0 spiro atoms. The smallest absolute Gasteiger partial charge is 0.160 e. The van der Waals surface area contributed by atoms with Crippen LogP contribution in [0, 0.1) is 0 Å². The molecule has 4 nitrogen and oxygen atoms in total. The Kier molecular flexibility index (Phi) is 8.12. The summed E-state index contributed by atoms with van der Waals surface area (Å²) in [5.74, 6) is 0.664. The van der Waals surface area contributed by atoms with E-state index in [4.69, 9.17) is 14.4 Å². The van der Waals surface area contributed by atoms with Gasteiger partial charge in [0, 0.05) is 39.9 Å². The highest BCUT2D eigenvalue weighted by Gasteiger charge is 2.16. The van der Waals surface area contributed by atoms with Gasteiger partial charge in [0.2, 0.25) is 0 Å². The van der Waals surface area contributed by atoms with Crippen molar-refractivity contribution in [2.45, 2.75) is 0 Å². The molecule has 0 aliphatic carbocycles. The number of aromatic nitrogens is 3. The van der Waals surface area contributed by atoms with Crippen LogP contribution in [0.15, 0.2) is 205 Å². The van der Waals surface area contributed by atoms with Crippen molar-refractivity contribution in [1.82, 2.24) is 15.0 Å². The predicted octanol–water partition coefficient (Wildman–Crippen LogP) is 13.4. The van der Waals surface area contributed by atoms with E-state index in [1.807, 2.05) is 42.7 Å². The summed E-state index contributed by atoms with van der Waals surface area (Å²) in [4.78, 5) is 14.7. The molecule has 0 fully saturated rings. The Morgan fingerprint density at radius 3 is 1.55 bits per heavy atom. The molecule has 0 aliphatic heterocycles. The summed E-state index contributed by atoms with van der Waals surface area (Å²) in [6.07, 6.45) is 3.64. The molecule has 7 aromatic carbocycles. The Labute approximate surface area is 319 Å². The molecule has 0 aliphatic rings. The van der Waals surface area contributed by atoms with Crippen LogP contribution >= 0.6 is 0 Å². The largest absolute Gasteiger partial charge is 0.456 e. The fraction of sp³-hybridized carbons (Fsp3) is 0. The first kappa shape index (κ1) is 32.2. The van der Waals surface area contributed by atoms with Crippen LogP contribution in [0.3, 0.4) is 0 Å². The Morgan fingerprint density at radius 1 is 0.291 bits per heavy atom. The lowest BCUT2D eigenvalue weighted by Gasteiger charge is -2.14. The van der Waals surface area contributed by atoms with Gasteiger partial charge in [0.1, 0.15) is 11.2 Å². The lowest BCUT2D eigenvalue weighted by Crippen LogP contribution is -1.97. The summed E-state index contributed by atoms with van der Waals surface area (Å²) in [5.41, 5.74) is 15.4. The fourth-order valence-electron chi connectivity index (χ4n) is 7.36. The maximum absolute atomic E-state index is 6.19. The minimum Gasteiger partial charge on any atom is -0.456 e. The maximum Gasteiger partial charge on any atom is 0.160 e. The van der Waals surface area contributed by atoms with Crippen LogP contribution in [0.1, 0.15) is 0 Å². The van der Waals surface area contributed by atoms with E-state index >= 15 is 0 Å². The van der Waals surface area contributed by atoms with Gasteiger partial charge in [-0.05, 0) is 105 Å². The molecule has 4 heteroatoms. The van der Waals surface area contributed by atoms with E-state index in [2.05, 4.69) is 163 Å². The topological polar surface area (TPSA) is 51.8 Å². The molecule has 10 rings (SSSR count). The molecule has 55 heavy (non-hydrogen) atoms. The van der Waals surface area contributed by atoms with E-state index < -0.39 is 0 Å². The number of hydrogen-bond acceptors (Lipinski definition) is 4. The maximum atomic E-state index is 6.19. The summed E-state index contributed by atoms with van der Waals surface area (Å²) in [6.45, 7) is 0. The molecular weight excluding hydrogens is 671 g/mol. The SMILES string of the molecule is c1ccc(-c2cccc(-c3cc(-c4cc(-c5ccccc5)cc(-c5ccc6oc7ccccc7c6c5)c4)nc(-c4ccc(-c5ccncc5)cc4)n3)c2)cc1. The second-order valence-corrected chi connectivity index (χ2v) is 13.7. The molecule has 0 radical (unpaired) electrons. The van der Waals surface area contributed by atoms with Gasteiger partial charge in [0.15, 0.2) is 5.82 Å². The zero-order valence-corrected chi connectivity index (χ0v) is 29.8. The van der Waals surface area contributed by atoms with E-state index in [1.54, 1.807) is 0 Å². The van der Waals surface area contributed by atoms with Gasteiger partial charge in [0.05, 0.1) is 11.4 Å². The van der Waals surface area contributed by atoms with E-state index in [9.17, 15) is 0 Å². The van der Waals surface area contributed by atoms with Crippen molar-refractivity contribution in [3.63, 3.8) is 0 Å².